The molecule has 0 radical (unpaired) electrons. The summed E-state index contributed by atoms with van der Waals surface area (Å²) < 4.78 is 39.4. The van der Waals surface area contributed by atoms with Gasteiger partial charge >= 0.3 is 25.7 Å². The number of phosphoric acid groups is 1. The number of rotatable bonds is 51. The minimum Gasteiger partial charge on any atom is -0.462 e. The van der Waals surface area contributed by atoms with Gasteiger partial charge in [-0.05, 0) is 96.3 Å². The summed E-state index contributed by atoms with van der Waals surface area (Å²) in [6.07, 6.45) is 67.5. The topological polar surface area (TPSA) is 155 Å². The summed E-state index contributed by atoms with van der Waals surface area (Å²) >= 11 is 0. The normalized spacial score (nSPS) is 14.3. The minimum atomic E-state index is -4.78. The lowest BCUT2D eigenvalue weighted by Gasteiger charge is -2.21. The van der Waals surface area contributed by atoms with Crippen LogP contribution >= 0.6 is 7.82 Å². The molecule has 0 saturated heterocycles. The molecular formula is C62H101O11P. The molecule has 0 spiro atoms. The van der Waals surface area contributed by atoms with Gasteiger partial charge in [-0.2, -0.15) is 0 Å². The second-order valence-electron chi connectivity index (χ2n) is 18.3. The van der Waals surface area contributed by atoms with Crippen LogP contribution in [0.3, 0.4) is 0 Å². The first-order chi connectivity index (χ1) is 36.2. The van der Waals surface area contributed by atoms with Crippen molar-refractivity contribution in [2.75, 3.05) is 26.4 Å². The van der Waals surface area contributed by atoms with Crippen molar-refractivity contribution in [3.8, 4) is 0 Å². The smallest absolute Gasteiger partial charge is 0.462 e. The number of carbonyl (C=O) groups excluding carboxylic acids is 3. The quantitative estimate of drug-likeness (QED) is 0.0197. The van der Waals surface area contributed by atoms with Gasteiger partial charge in [0.2, 0.25) is 0 Å². The fourth-order valence-electron chi connectivity index (χ4n) is 7.14. The highest BCUT2D eigenvalue weighted by atomic mass is 31.2. The van der Waals surface area contributed by atoms with Gasteiger partial charge in [0.1, 0.15) is 12.7 Å². The Kier molecular flexibility index (Phi) is 52.1. The molecule has 0 aliphatic rings. The Labute approximate surface area is 449 Å². The Morgan fingerprint density at radius 2 is 0.730 bits per heavy atom. The van der Waals surface area contributed by atoms with Gasteiger partial charge in [0, 0.05) is 19.3 Å². The molecule has 11 nitrogen and oxygen atoms in total. The number of aliphatic hydroxyl groups excluding tert-OH is 1. The summed E-state index contributed by atoms with van der Waals surface area (Å²) in [6, 6.07) is 0. The van der Waals surface area contributed by atoms with Crippen molar-refractivity contribution in [2.24, 2.45) is 0 Å². The lowest BCUT2D eigenvalue weighted by molar-refractivity contribution is -0.161. The van der Waals surface area contributed by atoms with E-state index in [9.17, 15) is 28.9 Å². The van der Waals surface area contributed by atoms with Crippen molar-refractivity contribution in [1.29, 1.82) is 0 Å². The summed E-state index contributed by atoms with van der Waals surface area (Å²) in [6.45, 7) is 4.27. The fraction of sp³-hybridized carbons (Fsp3) is 0.629. The molecule has 3 unspecified atom stereocenters. The summed E-state index contributed by atoms with van der Waals surface area (Å²) in [7, 11) is -4.78. The monoisotopic (exact) mass is 1050 g/mol. The molecule has 0 heterocycles. The highest BCUT2D eigenvalue weighted by Gasteiger charge is 2.28. The summed E-state index contributed by atoms with van der Waals surface area (Å²) in [5.74, 6) is -1.62. The molecule has 0 bridgehead atoms. The van der Waals surface area contributed by atoms with Crippen LogP contribution in [0.25, 0.3) is 0 Å². The highest BCUT2D eigenvalue weighted by Crippen LogP contribution is 2.43. The molecule has 0 aliphatic heterocycles. The number of allylic oxidation sites excluding steroid dienone is 20. The SMILES string of the molecule is CC/C=C\C/C=C\C/C=C\C/C=C\C/C=C\C/C=C\CCC(=O)OC(COC(=O)CCCCCCCCCCCCCCC)COP(=O)(O)OCC(CO)OC(=O)CCCC/C=C\C/C=C\C/C=C\C/C=C\CC. The molecule has 0 fully saturated rings. The van der Waals surface area contributed by atoms with Gasteiger partial charge in [-0.1, -0.05) is 219 Å². The van der Waals surface area contributed by atoms with E-state index in [1.807, 2.05) is 12.2 Å². The van der Waals surface area contributed by atoms with Gasteiger partial charge in [0.25, 0.3) is 0 Å². The van der Waals surface area contributed by atoms with Crippen LogP contribution in [0.15, 0.2) is 122 Å². The van der Waals surface area contributed by atoms with Crippen LogP contribution in [0.1, 0.15) is 213 Å². The number of phosphoric ester groups is 1. The van der Waals surface area contributed by atoms with Crippen LogP contribution in [-0.2, 0) is 42.2 Å². The zero-order valence-corrected chi connectivity index (χ0v) is 47.2. The van der Waals surface area contributed by atoms with Gasteiger partial charge in [0.05, 0.1) is 19.8 Å². The van der Waals surface area contributed by atoms with Gasteiger partial charge < -0.3 is 24.2 Å². The number of hydrogen-bond donors (Lipinski definition) is 2. The van der Waals surface area contributed by atoms with Gasteiger partial charge in [-0.15, -0.1) is 0 Å². The molecule has 0 rings (SSSR count). The predicted octanol–water partition coefficient (Wildman–Crippen LogP) is 16.8. The maximum absolute atomic E-state index is 12.9. The van der Waals surface area contributed by atoms with Crippen molar-refractivity contribution < 1.29 is 52.2 Å². The van der Waals surface area contributed by atoms with E-state index < -0.39 is 57.8 Å². The van der Waals surface area contributed by atoms with Crippen LogP contribution in [0, 0.1) is 0 Å². The Morgan fingerprint density at radius 1 is 0.392 bits per heavy atom. The van der Waals surface area contributed by atoms with Crippen LogP contribution < -0.4 is 0 Å². The van der Waals surface area contributed by atoms with Gasteiger partial charge in [0.15, 0.2) is 6.10 Å². The van der Waals surface area contributed by atoms with Crippen LogP contribution in [0.2, 0.25) is 0 Å². The van der Waals surface area contributed by atoms with Gasteiger partial charge in [-0.25, -0.2) is 4.57 Å². The number of aliphatic hydroxyl groups is 1. The summed E-state index contributed by atoms with van der Waals surface area (Å²) in [5, 5.41) is 9.80. The van der Waals surface area contributed by atoms with Crippen molar-refractivity contribution >= 4 is 25.7 Å². The number of hydrogen-bond acceptors (Lipinski definition) is 10. The standard InChI is InChI=1S/C62H101O11P/c1-4-7-10-13-16-19-22-25-27-28-29-30-32-35-38-41-44-47-50-53-62(66)73-59(55-69-60(64)51-48-45-42-39-36-33-24-21-18-15-12-9-6-3)57-71-74(67,68)70-56-58(54-63)72-61(65)52-49-46-43-40-37-34-31-26-23-20-17-14-11-8-5-2/h7-8,10-11,16-17,19-20,25-27,29-31,35,37-38,40,44,47,58-59,63H,4-6,9,12-15,18,21-24,28,32-34,36,39,41-43,45-46,48-57H2,1-3H3,(H,67,68)/b10-7-,11-8-,19-16-,20-17-,27-25-,30-29-,31-26-,38-35-,40-37-,47-44-. The first kappa shape index (κ1) is 69.9. The third-order valence-electron chi connectivity index (χ3n) is 11.4. The average molecular weight is 1050 g/mol. The van der Waals surface area contributed by atoms with Crippen molar-refractivity contribution in [2.45, 2.75) is 226 Å². The Morgan fingerprint density at radius 3 is 1.16 bits per heavy atom. The minimum absolute atomic E-state index is 0.0346. The zero-order valence-electron chi connectivity index (χ0n) is 46.3. The van der Waals surface area contributed by atoms with Crippen LogP contribution in [0.5, 0.6) is 0 Å². The second kappa shape index (κ2) is 55.1. The van der Waals surface area contributed by atoms with E-state index in [0.29, 0.717) is 25.7 Å². The molecule has 0 aromatic rings. The van der Waals surface area contributed by atoms with E-state index in [4.69, 9.17) is 23.3 Å². The molecule has 0 aliphatic carbocycles. The second-order valence-corrected chi connectivity index (χ2v) is 19.8. The number of unbranched alkanes of at least 4 members (excludes halogenated alkanes) is 14. The lowest BCUT2D eigenvalue weighted by atomic mass is 10.0. The molecule has 0 aromatic heterocycles. The maximum atomic E-state index is 12.9. The molecule has 0 amide bonds. The molecule has 74 heavy (non-hydrogen) atoms. The number of carbonyl (C=O) groups is 3. The number of esters is 3. The highest BCUT2D eigenvalue weighted by molar-refractivity contribution is 7.47. The van der Waals surface area contributed by atoms with Crippen LogP contribution in [0.4, 0.5) is 0 Å². The fourth-order valence-corrected chi connectivity index (χ4v) is 7.92. The average Bonchev–Trinajstić information content (AvgIpc) is 3.39. The van der Waals surface area contributed by atoms with E-state index in [0.717, 1.165) is 89.9 Å². The summed E-state index contributed by atoms with van der Waals surface area (Å²) in [4.78, 5) is 48.5. The van der Waals surface area contributed by atoms with Crippen LogP contribution in [-0.4, -0.2) is 66.5 Å². The first-order valence-electron chi connectivity index (χ1n) is 28.4. The van der Waals surface area contributed by atoms with Crippen molar-refractivity contribution in [3.63, 3.8) is 0 Å². The maximum Gasteiger partial charge on any atom is 0.472 e. The third kappa shape index (κ3) is 52.7. The zero-order chi connectivity index (χ0) is 54.1. The van der Waals surface area contributed by atoms with E-state index >= 15 is 0 Å². The lowest BCUT2D eigenvalue weighted by Crippen LogP contribution is -2.30. The molecule has 420 valence electrons. The molecule has 0 saturated carbocycles. The molecule has 3 atom stereocenters. The van der Waals surface area contributed by atoms with E-state index in [1.54, 1.807) is 0 Å². The third-order valence-corrected chi connectivity index (χ3v) is 12.3. The Hall–Kier alpha value is -4.12. The number of ether oxygens (including phenoxy) is 3. The van der Waals surface area contributed by atoms with Gasteiger partial charge in [-0.3, -0.25) is 23.4 Å². The summed E-state index contributed by atoms with van der Waals surface area (Å²) in [5.41, 5.74) is 0. The Bertz CT molecular complexity index is 1700. The van der Waals surface area contributed by atoms with E-state index in [2.05, 4.69) is 130 Å². The molecular weight excluding hydrogens is 952 g/mol. The van der Waals surface area contributed by atoms with Crippen molar-refractivity contribution in [3.05, 3.63) is 122 Å². The van der Waals surface area contributed by atoms with E-state index in [1.165, 1.54) is 57.8 Å². The molecule has 0 aromatic carbocycles. The van der Waals surface area contributed by atoms with Crippen molar-refractivity contribution in [1.82, 2.24) is 0 Å². The van der Waals surface area contributed by atoms with E-state index in [-0.39, 0.29) is 25.9 Å². The predicted molar refractivity (Wildman–Crippen MR) is 306 cm³/mol. The molecule has 2 N–H and O–H groups in total. The largest absolute Gasteiger partial charge is 0.472 e. The first-order valence-corrected chi connectivity index (χ1v) is 29.9. The Balaban J connectivity index is 4.89. The molecule has 12 heteroatoms.